The van der Waals surface area contributed by atoms with Crippen LogP contribution in [0.3, 0.4) is 0 Å². The van der Waals surface area contributed by atoms with Crippen molar-refractivity contribution in [3.8, 4) is 0 Å². The fraction of sp³-hybridized carbons (Fsp3) is 0.588. The van der Waals surface area contributed by atoms with Crippen LogP contribution in [-0.4, -0.2) is 34.3 Å². The summed E-state index contributed by atoms with van der Waals surface area (Å²) >= 11 is 1.58. The summed E-state index contributed by atoms with van der Waals surface area (Å²) in [6, 6.07) is 3.58. The lowest BCUT2D eigenvalue weighted by molar-refractivity contribution is 0.0525. The third-order valence-electron chi connectivity index (χ3n) is 2.67. The maximum atomic E-state index is 12.3. The Bertz CT molecular complexity index is 539. The quantitative estimate of drug-likeness (QED) is 0.461. The molecule has 6 heteroatoms. The van der Waals surface area contributed by atoms with E-state index in [0.717, 1.165) is 5.03 Å². The van der Waals surface area contributed by atoms with Gasteiger partial charge in [-0.25, -0.2) is 9.78 Å². The molecule has 1 N–H and O–H groups in total. The predicted octanol–water partition coefficient (Wildman–Crippen LogP) is 4.07. The molecule has 0 fully saturated rings. The Kier molecular flexibility index (Phi) is 7.55. The smallest absolute Gasteiger partial charge is 0.407 e. The molecule has 0 saturated heterocycles. The Balaban J connectivity index is 2.44. The van der Waals surface area contributed by atoms with Gasteiger partial charge in [-0.3, -0.25) is 4.79 Å². The minimum atomic E-state index is -0.515. The summed E-state index contributed by atoms with van der Waals surface area (Å²) in [6.07, 6.45) is 2.18. The average molecular weight is 338 g/mol. The summed E-state index contributed by atoms with van der Waals surface area (Å²) in [5.74, 6) is 0.0484. The largest absolute Gasteiger partial charge is 0.444 e. The van der Waals surface area contributed by atoms with Crippen LogP contribution in [0.5, 0.6) is 0 Å². The molecule has 1 heterocycles. The highest BCUT2D eigenvalue weighted by Gasteiger charge is 2.16. The van der Waals surface area contributed by atoms with E-state index in [4.69, 9.17) is 4.74 Å². The van der Waals surface area contributed by atoms with E-state index in [1.54, 1.807) is 30.1 Å². The summed E-state index contributed by atoms with van der Waals surface area (Å²) in [6.45, 7) is 9.98. The number of pyridine rings is 1. The van der Waals surface area contributed by atoms with Crippen molar-refractivity contribution < 1.29 is 14.3 Å². The first-order chi connectivity index (χ1) is 10.7. The molecule has 0 aromatic carbocycles. The molecule has 1 aromatic rings. The minimum Gasteiger partial charge on any atom is -0.444 e. The van der Waals surface area contributed by atoms with E-state index in [2.05, 4.69) is 24.1 Å². The Morgan fingerprint density at radius 3 is 2.65 bits per heavy atom. The number of rotatable bonds is 7. The summed E-state index contributed by atoms with van der Waals surface area (Å²) < 4.78 is 5.14. The number of ketones is 1. The van der Waals surface area contributed by atoms with Gasteiger partial charge < -0.3 is 10.1 Å². The third-order valence-corrected chi connectivity index (χ3v) is 3.69. The van der Waals surface area contributed by atoms with Crippen LogP contribution in [0.15, 0.2) is 23.4 Å². The second-order valence-electron chi connectivity index (χ2n) is 6.48. The van der Waals surface area contributed by atoms with E-state index in [-0.39, 0.29) is 5.78 Å². The molecule has 23 heavy (non-hydrogen) atoms. The lowest BCUT2D eigenvalue weighted by Gasteiger charge is -2.19. The molecular weight excluding hydrogens is 312 g/mol. The number of hydrogen-bond acceptors (Lipinski definition) is 5. The van der Waals surface area contributed by atoms with Crippen LogP contribution in [0.2, 0.25) is 0 Å². The molecule has 0 spiro atoms. The number of carbonyl (C=O) groups is 2. The zero-order valence-electron chi connectivity index (χ0n) is 14.5. The summed E-state index contributed by atoms with van der Waals surface area (Å²) in [5.41, 5.74) is 0.141. The summed E-state index contributed by atoms with van der Waals surface area (Å²) in [7, 11) is 0. The van der Waals surface area contributed by atoms with Crippen molar-refractivity contribution in [2.45, 2.75) is 63.3 Å². The zero-order valence-corrected chi connectivity index (χ0v) is 15.3. The number of nitrogens with zero attached hydrogens (tertiary/aromatic N) is 1. The molecule has 5 nitrogen and oxygen atoms in total. The normalized spacial score (nSPS) is 11.4. The van der Waals surface area contributed by atoms with Crippen molar-refractivity contribution in [3.63, 3.8) is 0 Å². The van der Waals surface area contributed by atoms with Crippen LogP contribution in [0.4, 0.5) is 4.79 Å². The maximum Gasteiger partial charge on any atom is 0.407 e. The van der Waals surface area contributed by atoms with E-state index in [1.807, 2.05) is 20.8 Å². The lowest BCUT2D eigenvalue weighted by Crippen LogP contribution is -2.33. The topological polar surface area (TPSA) is 68.3 Å². The fourth-order valence-corrected chi connectivity index (χ4v) is 2.69. The van der Waals surface area contributed by atoms with E-state index in [1.165, 1.54) is 0 Å². The molecule has 1 aromatic heterocycles. The van der Waals surface area contributed by atoms with Crippen LogP contribution < -0.4 is 5.32 Å². The van der Waals surface area contributed by atoms with E-state index in [9.17, 15) is 9.59 Å². The predicted molar refractivity (Wildman–Crippen MR) is 93.0 cm³/mol. The highest BCUT2D eigenvalue weighted by Crippen LogP contribution is 2.25. The first-order valence-corrected chi connectivity index (χ1v) is 8.68. The molecule has 0 unspecified atom stereocenters. The van der Waals surface area contributed by atoms with Crippen LogP contribution in [0, 0.1) is 0 Å². The van der Waals surface area contributed by atoms with Crippen molar-refractivity contribution in [1.29, 1.82) is 0 Å². The molecule has 1 amide bonds. The number of hydrogen-bond donors (Lipinski definition) is 1. The molecule has 0 radical (unpaired) electrons. The number of aromatic nitrogens is 1. The number of nitrogens with one attached hydrogen (secondary N) is 1. The lowest BCUT2D eigenvalue weighted by atomic mass is 10.1. The van der Waals surface area contributed by atoms with Gasteiger partial charge in [0.1, 0.15) is 10.6 Å². The number of alkyl carbamates (subject to hydrolysis) is 1. The zero-order chi connectivity index (χ0) is 17.5. The highest BCUT2D eigenvalue weighted by molar-refractivity contribution is 7.99. The number of ether oxygens (including phenoxy) is 1. The third kappa shape index (κ3) is 8.02. The van der Waals surface area contributed by atoms with Crippen LogP contribution >= 0.6 is 11.8 Å². The molecule has 0 aliphatic rings. The summed E-state index contributed by atoms with van der Waals surface area (Å²) in [4.78, 5) is 28.1. The highest BCUT2D eigenvalue weighted by atomic mass is 32.2. The van der Waals surface area contributed by atoms with Gasteiger partial charge in [0.25, 0.3) is 0 Å². The average Bonchev–Trinajstić information content (AvgIpc) is 2.41. The molecule has 0 aliphatic heterocycles. The molecule has 128 valence electrons. The standard InChI is InChI=1S/C17H26N2O3S/c1-12(2)23-15-13(8-6-10-18-15)14(20)9-7-11-19-16(21)22-17(3,4)5/h6,8,10,12H,7,9,11H2,1-5H3,(H,19,21). The van der Waals surface area contributed by atoms with Gasteiger partial charge in [-0.05, 0) is 39.3 Å². The first kappa shape index (κ1) is 19.5. The minimum absolute atomic E-state index is 0.0484. The molecule has 0 aliphatic carbocycles. The van der Waals surface area contributed by atoms with Gasteiger partial charge in [0.2, 0.25) is 0 Å². The Hall–Kier alpha value is -1.56. The van der Waals surface area contributed by atoms with E-state index < -0.39 is 11.7 Å². The number of carbonyl (C=O) groups excluding carboxylic acids is 2. The van der Waals surface area contributed by atoms with E-state index in [0.29, 0.717) is 30.2 Å². The maximum absolute atomic E-state index is 12.3. The van der Waals surface area contributed by atoms with Gasteiger partial charge in [-0.1, -0.05) is 13.8 Å². The van der Waals surface area contributed by atoms with Gasteiger partial charge in [0.05, 0.1) is 0 Å². The van der Waals surface area contributed by atoms with Crippen molar-refractivity contribution in [2.75, 3.05) is 6.54 Å². The van der Waals surface area contributed by atoms with Gasteiger partial charge in [0.15, 0.2) is 5.78 Å². The van der Waals surface area contributed by atoms with Gasteiger partial charge in [-0.2, -0.15) is 0 Å². The van der Waals surface area contributed by atoms with Gasteiger partial charge >= 0.3 is 6.09 Å². The van der Waals surface area contributed by atoms with Crippen LogP contribution in [0.1, 0.15) is 57.8 Å². The number of thioether (sulfide) groups is 1. The van der Waals surface area contributed by atoms with Crippen molar-refractivity contribution in [3.05, 3.63) is 23.9 Å². The monoisotopic (exact) mass is 338 g/mol. The van der Waals surface area contributed by atoms with Gasteiger partial charge in [-0.15, -0.1) is 11.8 Å². The Labute approximate surface area is 142 Å². The molecule has 0 atom stereocenters. The van der Waals surface area contributed by atoms with Crippen molar-refractivity contribution >= 4 is 23.6 Å². The van der Waals surface area contributed by atoms with Crippen LogP contribution in [0.25, 0.3) is 0 Å². The van der Waals surface area contributed by atoms with Gasteiger partial charge in [0, 0.05) is 30.0 Å². The van der Waals surface area contributed by atoms with Crippen LogP contribution in [-0.2, 0) is 4.74 Å². The Morgan fingerprint density at radius 1 is 1.35 bits per heavy atom. The number of Topliss-reactive ketones (excluding diaryl/α,β-unsaturated/α-hetero) is 1. The van der Waals surface area contributed by atoms with E-state index >= 15 is 0 Å². The van der Waals surface area contributed by atoms with Crippen molar-refractivity contribution in [1.82, 2.24) is 10.3 Å². The molecule has 0 bridgehead atoms. The molecule has 1 rings (SSSR count). The first-order valence-electron chi connectivity index (χ1n) is 7.81. The second kappa shape index (κ2) is 8.91. The molecular formula is C17H26N2O3S. The Morgan fingerprint density at radius 2 is 2.04 bits per heavy atom. The summed E-state index contributed by atoms with van der Waals surface area (Å²) in [5, 5.41) is 3.80. The molecule has 0 saturated carbocycles. The van der Waals surface area contributed by atoms with Crippen molar-refractivity contribution in [2.24, 2.45) is 0 Å². The second-order valence-corrected chi connectivity index (χ2v) is 8.04. The SMILES string of the molecule is CC(C)Sc1ncccc1C(=O)CCCNC(=O)OC(C)(C)C. The number of amides is 1. The fourth-order valence-electron chi connectivity index (χ4n) is 1.81.